The Labute approximate surface area is 176 Å². The molecule has 1 fully saturated rings. The van der Waals surface area contributed by atoms with Gasteiger partial charge in [0, 0.05) is 21.8 Å². The molecule has 1 aromatic heterocycles. The van der Waals surface area contributed by atoms with Crippen LogP contribution in [0.25, 0.3) is 11.1 Å². The number of amides is 1. The number of anilines is 1. The van der Waals surface area contributed by atoms with Crippen molar-refractivity contribution in [3.05, 3.63) is 39.7 Å². The molecule has 28 heavy (non-hydrogen) atoms. The van der Waals surface area contributed by atoms with Crippen molar-refractivity contribution in [1.82, 2.24) is 0 Å². The van der Waals surface area contributed by atoms with Crippen LogP contribution in [-0.4, -0.2) is 38.4 Å². The molecular weight excluding hydrogens is 466 g/mol. The summed E-state index contributed by atoms with van der Waals surface area (Å²) in [5.74, 6) is -0.801. The molecule has 1 aliphatic heterocycles. The number of nitrogens with one attached hydrogen (secondary N) is 1. The van der Waals surface area contributed by atoms with Gasteiger partial charge in [-0.1, -0.05) is 28.1 Å². The van der Waals surface area contributed by atoms with Crippen molar-refractivity contribution >= 4 is 54.0 Å². The van der Waals surface area contributed by atoms with Gasteiger partial charge in [0.05, 0.1) is 18.1 Å². The third-order valence-electron chi connectivity index (χ3n) is 4.48. The molecule has 1 aliphatic rings. The van der Waals surface area contributed by atoms with Crippen molar-refractivity contribution in [3.8, 4) is 11.1 Å². The van der Waals surface area contributed by atoms with E-state index >= 15 is 0 Å². The molecule has 1 aromatic carbocycles. The van der Waals surface area contributed by atoms with Gasteiger partial charge in [0.15, 0.2) is 9.84 Å². The fourth-order valence-corrected chi connectivity index (χ4v) is 6.27. The maximum absolute atomic E-state index is 12.5. The van der Waals surface area contributed by atoms with Gasteiger partial charge in [-0.2, -0.15) is 0 Å². The van der Waals surface area contributed by atoms with Gasteiger partial charge < -0.3 is 10.1 Å². The van der Waals surface area contributed by atoms with Crippen molar-refractivity contribution in [2.75, 3.05) is 23.4 Å². The Hall–Kier alpha value is -1.71. The minimum absolute atomic E-state index is 0.0414. The molecule has 3 rings (SSSR count). The van der Waals surface area contributed by atoms with Crippen molar-refractivity contribution < 1.29 is 22.7 Å². The van der Waals surface area contributed by atoms with Crippen LogP contribution in [0.3, 0.4) is 0 Å². The monoisotopic (exact) mass is 485 g/mol. The standard InChI is InChI=1S/C19H20BrNO5S2/c1-2-26-19(23)17-15(13-3-5-14(20)6-4-13)10-27-18(17)21-16(22)9-12-7-8-28(24,25)11-12/h3-6,10,12H,2,7-9,11H2,1H3,(H,21,22)/t12-/m1/s1. The number of hydrogen-bond donors (Lipinski definition) is 1. The number of carbonyl (C=O) groups excluding carboxylic acids is 2. The fourth-order valence-electron chi connectivity index (χ4n) is 3.17. The first-order valence-electron chi connectivity index (χ1n) is 8.84. The summed E-state index contributed by atoms with van der Waals surface area (Å²) in [6.07, 6.45) is 0.613. The first kappa shape index (κ1) is 21.0. The predicted molar refractivity (Wildman–Crippen MR) is 113 cm³/mol. The number of thiophene rings is 1. The summed E-state index contributed by atoms with van der Waals surface area (Å²) in [6.45, 7) is 1.95. The Morgan fingerprint density at radius 2 is 2.00 bits per heavy atom. The Bertz CT molecular complexity index is 982. The van der Waals surface area contributed by atoms with Crippen LogP contribution in [0.4, 0.5) is 5.00 Å². The number of halogens is 1. The minimum Gasteiger partial charge on any atom is -0.462 e. The highest BCUT2D eigenvalue weighted by Crippen LogP contribution is 2.37. The number of ether oxygens (including phenoxy) is 1. The van der Waals surface area contributed by atoms with E-state index in [4.69, 9.17) is 4.74 Å². The Balaban J connectivity index is 1.83. The van der Waals surface area contributed by atoms with Crippen LogP contribution in [0.5, 0.6) is 0 Å². The number of sulfone groups is 1. The predicted octanol–water partition coefficient (Wildman–Crippen LogP) is 4.12. The molecule has 6 nitrogen and oxygen atoms in total. The van der Waals surface area contributed by atoms with E-state index in [1.807, 2.05) is 29.6 Å². The van der Waals surface area contributed by atoms with E-state index in [2.05, 4.69) is 21.2 Å². The Morgan fingerprint density at radius 1 is 1.29 bits per heavy atom. The zero-order valence-corrected chi connectivity index (χ0v) is 18.5. The molecule has 1 N–H and O–H groups in total. The number of esters is 1. The number of hydrogen-bond acceptors (Lipinski definition) is 6. The van der Waals surface area contributed by atoms with Gasteiger partial charge in [-0.25, -0.2) is 13.2 Å². The van der Waals surface area contributed by atoms with Gasteiger partial charge in [0.25, 0.3) is 0 Å². The molecule has 0 aliphatic carbocycles. The Morgan fingerprint density at radius 3 is 2.61 bits per heavy atom. The minimum atomic E-state index is -3.03. The molecule has 150 valence electrons. The maximum atomic E-state index is 12.5. The molecule has 0 radical (unpaired) electrons. The smallest absolute Gasteiger partial charge is 0.341 e. The van der Waals surface area contributed by atoms with Crippen LogP contribution in [-0.2, 0) is 19.4 Å². The summed E-state index contributed by atoms with van der Waals surface area (Å²) in [6, 6.07) is 7.51. The van der Waals surface area contributed by atoms with Gasteiger partial charge in [0.2, 0.25) is 5.91 Å². The van der Waals surface area contributed by atoms with Gasteiger partial charge in [0.1, 0.15) is 10.6 Å². The molecular formula is C19H20BrNO5S2. The molecule has 2 heterocycles. The van der Waals surface area contributed by atoms with Crippen molar-refractivity contribution in [3.63, 3.8) is 0 Å². The number of rotatable bonds is 6. The quantitative estimate of drug-likeness (QED) is 0.621. The number of benzene rings is 1. The second-order valence-corrected chi connectivity index (χ2v) is 10.6. The third kappa shape index (κ3) is 5.01. The van der Waals surface area contributed by atoms with Crippen LogP contribution in [0.1, 0.15) is 30.1 Å². The second-order valence-electron chi connectivity index (χ2n) is 6.60. The summed E-state index contributed by atoms with van der Waals surface area (Å²) in [5, 5.41) is 5.01. The summed E-state index contributed by atoms with van der Waals surface area (Å²) < 4.78 is 29.3. The van der Waals surface area contributed by atoms with E-state index in [1.54, 1.807) is 6.92 Å². The van der Waals surface area contributed by atoms with Crippen molar-refractivity contribution in [2.24, 2.45) is 5.92 Å². The van der Waals surface area contributed by atoms with E-state index < -0.39 is 15.8 Å². The highest BCUT2D eigenvalue weighted by Gasteiger charge is 2.30. The van der Waals surface area contributed by atoms with E-state index in [1.165, 1.54) is 11.3 Å². The van der Waals surface area contributed by atoms with Gasteiger partial charge in [-0.05, 0) is 37.0 Å². The van der Waals surface area contributed by atoms with Crippen molar-refractivity contribution in [2.45, 2.75) is 19.8 Å². The van der Waals surface area contributed by atoms with Crippen molar-refractivity contribution in [1.29, 1.82) is 0 Å². The molecule has 0 spiro atoms. The molecule has 0 bridgehead atoms. The zero-order chi connectivity index (χ0) is 20.3. The third-order valence-corrected chi connectivity index (χ3v) is 7.74. The molecule has 1 saturated heterocycles. The number of carbonyl (C=O) groups is 2. The fraction of sp³-hybridized carbons (Fsp3) is 0.368. The van der Waals surface area contributed by atoms with Crippen LogP contribution in [0.15, 0.2) is 34.1 Å². The lowest BCUT2D eigenvalue weighted by Gasteiger charge is -2.10. The molecule has 1 atom stereocenters. The van der Waals surface area contributed by atoms with Gasteiger partial charge >= 0.3 is 5.97 Å². The summed E-state index contributed by atoms with van der Waals surface area (Å²) >= 11 is 4.64. The second kappa shape index (κ2) is 8.75. The van der Waals surface area contributed by atoms with E-state index in [0.29, 0.717) is 22.5 Å². The van der Waals surface area contributed by atoms with Gasteiger partial charge in [-0.15, -0.1) is 11.3 Å². The average Bonchev–Trinajstić information content (AvgIpc) is 3.18. The van der Waals surface area contributed by atoms with Gasteiger partial charge in [-0.3, -0.25) is 4.79 Å². The highest BCUT2D eigenvalue weighted by molar-refractivity contribution is 9.10. The molecule has 0 saturated carbocycles. The highest BCUT2D eigenvalue weighted by atomic mass is 79.9. The van der Waals surface area contributed by atoms with Crippen LogP contribution in [0.2, 0.25) is 0 Å². The largest absolute Gasteiger partial charge is 0.462 e. The normalized spacial score (nSPS) is 18.0. The molecule has 2 aromatic rings. The van der Waals surface area contributed by atoms with Crippen LogP contribution >= 0.6 is 27.3 Å². The SMILES string of the molecule is CCOC(=O)c1c(-c2ccc(Br)cc2)csc1NC(=O)C[C@H]1CCS(=O)(=O)C1. The summed E-state index contributed by atoms with van der Waals surface area (Å²) in [7, 11) is -3.03. The molecule has 1 amide bonds. The first-order valence-corrected chi connectivity index (χ1v) is 12.3. The summed E-state index contributed by atoms with van der Waals surface area (Å²) in [5.41, 5.74) is 1.85. The average molecular weight is 486 g/mol. The first-order chi connectivity index (χ1) is 13.3. The summed E-state index contributed by atoms with van der Waals surface area (Å²) in [4.78, 5) is 25.0. The van der Waals surface area contributed by atoms with E-state index in [-0.39, 0.29) is 36.4 Å². The van der Waals surface area contributed by atoms with E-state index in [9.17, 15) is 18.0 Å². The van der Waals surface area contributed by atoms with Crippen LogP contribution in [0, 0.1) is 5.92 Å². The lowest BCUT2D eigenvalue weighted by molar-refractivity contribution is -0.116. The Kier molecular flexibility index (Phi) is 6.57. The maximum Gasteiger partial charge on any atom is 0.341 e. The zero-order valence-electron chi connectivity index (χ0n) is 15.2. The van der Waals surface area contributed by atoms with E-state index in [0.717, 1.165) is 10.0 Å². The molecule has 0 unspecified atom stereocenters. The lowest BCUT2D eigenvalue weighted by Crippen LogP contribution is -2.18. The van der Waals surface area contributed by atoms with Crippen LogP contribution < -0.4 is 5.32 Å². The molecule has 9 heteroatoms. The topological polar surface area (TPSA) is 89.5 Å². The lowest BCUT2D eigenvalue weighted by atomic mass is 10.0.